The second-order valence-electron chi connectivity index (χ2n) is 5.21. The van der Waals surface area contributed by atoms with Gasteiger partial charge in [0.2, 0.25) is 0 Å². The number of aliphatic hydroxyl groups is 1. The predicted octanol–water partition coefficient (Wildman–Crippen LogP) is 2.99. The topological polar surface area (TPSA) is 75.6 Å². The van der Waals surface area contributed by atoms with Crippen molar-refractivity contribution in [1.29, 1.82) is 0 Å². The van der Waals surface area contributed by atoms with Gasteiger partial charge in [-0.1, -0.05) is 6.92 Å². The lowest BCUT2D eigenvalue weighted by Crippen LogP contribution is -2.33. The van der Waals surface area contributed by atoms with Crippen LogP contribution >= 0.6 is 0 Å². The standard InChI is InChI=1S/C16H21NO4/c1-4-13-10(2)8-15(21-13)16(19)17-11(3)9-12(18)14-6-5-7-20-14/h5-8,11-12,18H,4,9H2,1-3H3,(H,17,19)/t11-,12-/m0/s1. The minimum absolute atomic E-state index is 0.201. The summed E-state index contributed by atoms with van der Waals surface area (Å²) in [6.07, 6.45) is 1.91. The first-order valence-electron chi connectivity index (χ1n) is 7.12. The summed E-state index contributed by atoms with van der Waals surface area (Å²) in [7, 11) is 0. The van der Waals surface area contributed by atoms with Crippen LogP contribution in [0, 0.1) is 6.92 Å². The van der Waals surface area contributed by atoms with E-state index in [1.807, 2.05) is 20.8 Å². The monoisotopic (exact) mass is 291 g/mol. The predicted molar refractivity (Wildman–Crippen MR) is 78.0 cm³/mol. The van der Waals surface area contributed by atoms with E-state index in [4.69, 9.17) is 8.83 Å². The Morgan fingerprint density at radius 1 is 1.48 bits per heavy atom. The van der Waals surface area contributed by atoms with Crippen molar-refractivity contribution in [3.05, 3.63) is 47.3 Å². The average molecular weight is 291 g/mol. The summed E-state index contributed by atoms with van der Waals surface area (Å²) in [5, 5.41) is 12.8. The summed E-state index contributed by atoms with van der Waals surface area (Å²) in [4.78, 5) is 12.1. The first-order chi connectivity index (χ1) is 10.0. The van der Waals surface area contributed by atoms with Gasteiger partial charge in [0.15, 0.2) is 5.76 Å². The molecule has 5 heteroatoms. The highest BCUT2D eigenvalue weighted by atomic mass is 16.4. The highest BCUT2D eigenvalue weighted by molar-refractivity contribution is 5.91. The lowest BCUT2D eigenvalue weighted by atomic mass is 10.1. The van der Waals surface area contributed by atoms with Gasteiger partial charge in [0, 0.05) is 18.9 Å². The zero-order valence-corrected chi connectivity index (χ0v) is 12.6. The number of carbonyl (C=O) groups is 1. The fraction of sp³-hybridized carbons (Fsp3) is 0.438. The SMILES string of the molecule is CCc1oc(C(=O)N[C@@H](C)C[C@H](O)c2ccco2)cc1C. The van der Waals surface area contributed by atoms with E-state index in [0.717, 1.165) is 17.7 Å². The number of hydrogen-bond donors (Lipinski definition) is 2. The van der Waals surface area contributed by atoms with Crippen LogP contribution in [0.5, 0.6) is 0 Å². The maximum Gasteiger partial charge on any atom is 0.287 e. The van der Waals surface area contributed by atoms with Gasteiger partial charge in [0.1, 0.15) is 17.6 Å². The molecule has 2 N–H and O–H groups in total. The maximum atomic E-state index is 12.1. The van der Waals surface area contributed by atoms with Crippen molar-refractivity contribution in [2.75, 3.05) is 0 Å². The largest absolute Gasteiger partial charge is 0.467 e. The summed E-state index contributed by atoms with van der Waals surface area (Å²) in [5.41, 5.74) is 0.978. The molecule has 0 spiro atoms. The normalized spacial score (nSPS) is 13.9. The third-order valence-corrected chi connectivity index (χ3v) is 3.39. The minimum Gasteiger partial charge on any atom is -0.467 e. The fourth-order valence-electron chi connectivity index (χ4n) is 2.27. The zero-order valence-electron chi connectivity index (χ0n) is 12.6. The van der Waals surface area contributed by atoms with Crippen molar-refractivity contribution in [1.82, 2.24) is 5.32 Å². The molecule has 0 aromatic carbocycles. The number of carbonyl (C=O) groups excluding carboxylic acids is 1. The lowest BCUT2D eigenvalue weighted by molar-refractivity contribution is 0.0875. The van der Waals surface area contributed by atoms with Crippen molar-refractivity contribution in [2.45, 2.75) is 45.8 Å². The maximum absolute atomic E-state index is 12.1. The Morgan fingerprint density at radius 3 is 2.81 bits per heavy atom. The van der Waals surface area contributed by atoms with E-state index in [0.29, 0.717) is 17.9 Å². The number of aryl methyl sites for hydroxylation is 2. The van der Waals surface area contributed by atoms with Crippen LogP contribution in [0.1, 0.15) is 54.0 Å². The Morgan fingerprint density at radius 2 is 2.24 bits per heavy atom. The molecule has 0 aliphatic carbocycles. The average Bonchev–Trinajstić information content (AvgIpc) is 3.07. The summed E-state index contributed by atoms with van der Waals surface area (Å²) in [6.45, 7) is 5.74. The molecule has 1 amide bonds. The minimum atomic E-state index is -0.736. The number of amides is 1. The van der Waals surface area contributed by atoms with E-state index >= 15 is 0 Å². The van der Waals surface area contributed by atoms with Gasteiger partial charge >= 0.3 is 0 Å². The molecule has 2 aromatic rings. The molecule has 21 heavy (non-hydrogen) atoms. The van der Waals surface area contributed by atoms with Crippen molar-refractivity contribution in [3.8, 4) is 0 Å². The summed E-state index contributed by atoms with van der Waals surface area (Å²) in [6, 6.07) is 4.97. The molecule has 114 valence electrons. The van der Waals surface area contributed by atoms with Crippen LogP contribution < -0.4 is 5.32 Å². The zero-order chi connectivity index (χ0) is 15.4. The van der Waals surface area contributed by atoms with E-state index in [1.165, 1.54) is 6.26 Å². The Balaban J connectivity index is 1.92. The molecule has 0 saturated carbocycles. The Bertz CT molecular complexity index is 585. The summed E-state index contributed by atoms with van der Waals surface area (Å²) >= 11 is 0. The van der Waals surface area contributed by atoms with Gasteiger partial charge in [-0.25, -0.2) is 0 Å². The van der Waals surface area contributed by atoms with Gasteiger partial charge in [-0.2, -0.15) is 0 Å². The van der Waals surface area contributed by atoms with Gasteiger partial charge in [0.25, 0.3) is 5.91 Å². The van der Waals surface area contributed by atoms with E-state index in [1.54, 1.807) is 18.2 Å². The fourth-order valence-corrected chi connectivity index (χ4v) is 2.27. The molecule has 2 rings (SSSR count). The van der Waals surface area contributed by atoms with E-state index in [9.17, 15) is 9.90 Å². The smallest absolute Gasteiger partial charge is 0.287 e. The number of hydrogen-bond acceptors (Lipinski definition) is 4. The Labute approximate surface area is 124 Å². The van der Waals surface area contributed by atoms with Crippen LogP contribution in [0.25, 0.3) is 0 Å². The number of furan rings is 2. The van der Waals surface area contributed by atoms with Crippen LogP contribution in [0.3, 0.4) is 0 Å². The Hall–Kier alpha value is -2.01. The van der Waals surface area contributed by atoms with Crippen molar-refractivity contribution in [3.63, 3.8) is 0 Å². The highest BCUT2D eigenvalue weighted by Gasteiger charge is 2.19. The first kappa shape index (κ1) is 15.4. The number of nitrogens with one attached hydrogen (secondary N) is 1. The molecule has 0 fully saturated rings. The van der Waals surface area contributed by atoms with Crippen LogP contribution in [0.4, 0.5) is 0 Å². The quantitative estimate of drug-likeness (QED) is 0.858. The van der Waals surface area contributed by atoms with Crippen LogP contribution in [-0.4, -0.2) is 17.1 Å². The second-order valence-corrected chi connectivity index (χ2v) is 5.21. The Kier molecular flexibility index (Phi) is 4.85. The van der Waals surface area contributed by atoms with Crippen LogP contribution in [0.2, 0.25) is 0 Å². The summed E-state index contributed by atoms with van der Waals surface area (Å²) < 4.78 is 10.6. The molecule has 0 saturated heterocycles. The van der Waals surface area contributed by atoms with Crippen LogP contribution in [0.15, 0.2) is 33.3 Å². The molecule has 2 aromatic heterocycles. The summed E-state index contributed by atoms with van der Waals surface area (Å²) in [5.74, 6) is 1.36. The van der Waals surface area contributed by atoms with Gasteiger partial charge in [-0.05, 0) is 37.6 Å². The van der Waals surface area contributed by atoms with E-state index in [2.05, 4.69) is 5.32 Å². The molecule has 5 nitrogen and oxygen atoms in total. The van der Waals surface area contributed by atoms with E-state index in [-0.39, 0.29) is 11.9 Å². The molecule has 0 bridgehead atoms. The van der Waals surface area contributed by atoms with Gasteiger partial charge in [0.05, 0.1) is 6.26 Å². The molecule has 2 atom stereocenters. The first-order valence-corrected chi connectivity index (χ1v) is 7.12. The third-order valence-electron chi connectivity index (χ3n) is 3.39. The van der Waals surface area contributed by atoms with Gasteiger partial charge in [-0.15, -0.1) is 0 Å². The molecular weight excluding hydrogens is 270 g/mol. The van der Waals surface area contributed by atoms with Crippen molar-refractivity contribution >= 4 is 5.91 Å². The number of rotatable bonds is 6. The molecule has 0 aliphatic rings. The lowest BCUT2D eigenvalue weighted by Gasteiger charge is -2.15. The van der Waals surface area contributed by atoms with Gasteiger partial charge in [-0.3, -0.25) is 4.79 Å². The second kappa shape index (κ2) is 6.63. The molecule has 0 unspecified atom stereocenters. The molecule has 2 heterocycles. The number of aliphatic hydroxyl groups excluding tert-OH is 1. The van der Waals surface area contributed by atoms with Crippen LogP contribution in [-0.2, 0) is 6.42 Å². The molecule has 0 radical (unpaired) electrons. The highest BCUT2D eigenvalue weighted by Crippen LogP contribution is 2.19. The van der Waals surface area contributed by atoms with Gasteiger partial charge < -0.3 is 19.3 Å². The van der Waals surface area contributed by atoms with E-state index < -0.39 is 6.10 Å². The molecular formula is C16H21NO4. The third kappa shape index (κ3) is 3.76. The van der Waals surface area contributed by atoms with Crippen molar-refractivity contribution in [2.24, 2.45) is 0 Å². The molecule has 0 aliphatic heterocycles. The van der Waals surface area contributed by atoms with Crippen molar-refractivity contribution < 1.29 is 18.7 Å².